The van der Waals surface area contributed by atoms with Crippen LogP contribution in [0.25, 0.3) is 0 Å². The normalized spacial score (nSPS) is 17.0. The van der Waals surface area contributed by atoms with Crippen LogP contribution in [0.4, 0.5) is 0 Å². The number of ether oxygens (including phenoxy) is 3. The van der Waals surface area contributed by atoms with Gasteiger partial charge >= 0.3 is 0 Å². The van der Waals surface area contributed by atoms with E-state index in [4.69, 9.17) is 14.2 Å². The van der Waals surface area contributed by atoms with E-state index in [0.717, 1.165) is 30.8 Å². The van der Waals surface area contributed by atoms with Gasteiger partial charge in [-0.25, -0.2) is 0 Å². The summed E-state index contributed by atoms with van der Waals surface area (Å²) in [7, 11) is 1.63. The smallest absolute Gasteiger partial charge is 0.249 e. The van der Waals surface area contributed by atoms with Crippen molar-refractivity contribution >= 4 is 5.91 Å². The van der Waals surface area contributed by atoms with E-state index in [9.17, 15) is 4.79 Å². The second kappa shape index (κ2) is 7.88. The average molecular weight is 293 g/mol. The molecular weight excluding hydrogens is 270 g/mol. The molecule has 1 heterocycles. The standard InChI is InChI=1S/C16H23NO4/c1-3-20-15-11-12(6-7-13(15)19-2)5-4-9-17-16(18)14-8-10-21-14/h6-7,11,14H,3-5,8-10H2,1-2H3,(H,17,18)/t14-/m0/s1. The summed E-state index contributed by atoms with van der Waals surface area (Å²) in [5.74, 6) is 1.52. The van der Waals surface area contributed by atoms with Gasteiger partial charge < -0.3 is 19.5 Å². The molecule has 116 valence electrons. The number of aryl methyl sites for hydroxylation is 1. The van der Waals surface area contributed by atoms with Crippen LogP contribution in [-0.2, 0) is 16.0 Å². The van der Waals surface area contributed by atoms with E-state index >= 15 is 0 Å². The van der Waals surface area contributed by atoms with E-state index < -0.39 is 0 Å². The third-order valence-electron chi connectivity index (χ3n) is 3.46. The molecule has 1 aromatic carbocycles. The number of benzene rings is 1. The molecule has 0 spiro atoms. The van der Waals surface area contributed by atoms with Crippen LogP contribution in [0.1, 0.15) is 25.3 Å². The quantitative estimate of drug-likeness (QED) is 0.744. The molecule has 0 aromatic heterocycles. The largest absolute Gasteiger partial charge is 0.493 e. The molecule has 1 N–H and O–H groups in total. The molecular formula is C16H23NO4. The third kappa shape index (κ3) is 4.36. The van der Waals surface area contributed by atoms with Crippen LogP contribution in [0.15, 0.2) is 18.2 Å². The van der Waals surface area contributed by atoms with E-state index in [1.165, 1.54) is 5.56 Å². The van der Waals surface area contributed by atoms with Gasteiger partial charge in [0.25, 0.3) is 0 Å². The van der Waals surface area contributed by atoms with Gasteiger partial charge in [0.1, 0.15) is 6.10 Å². The Balaban J connectivity index is 1.77. The first-order valence-corrected chi connectivity index (χ1v) is 7.43. The van der Waals surface area contributed by atoms with Crippen molar-refractivity contribution in [1.82, 2.24) is 5.32 Å². The van der Waals surface area contributed by atoms with Gasteiger partial charge in [0.05, 0.1) is 20.3 Å². The Bertz CT molecular complexity index is 471. The Hall–Kier alpha value is -1.75. The lowest BCUT2D eigenvalue weighted by Gasteiger charge is -2.25. The lowest BCUT2D eigenvalue weighted by Crippen LogP contribution is -2.43. The Morgan fingerprint density at radius 3 is 2.86 bits per heavy atom. The number of hydrogen-bond donors (Lipinski definition) is 1. The van der Waals surface area contributed by atoms with Crippen LogP contribution < -0.4 is 14.8 Å². The van der Waals surface area contributed by atoms with Crippen molar-refractivity contribution < 1.29 is 19.0 Å². The zero-order valence-electron chi connectivity index (χ0n) is 12.7. The molecule has 0 aliphatic carbocycles. The zero-order chi connectivity index (χ0) is 15.1. The van der Waals surface area contributed by atoms with E-state index in [0.29, 0.717) is 19.8 Å². The highest BCUT2D eigenvalue weighted by atomic mass is 16.5. The highest BCUT2D eigenvalue weighted by Crippen LogP contribution is 2.28. The summed E-state index contributed by atoms with van der Waals surface area (Å²) in [4.78, 5) is 11.6. The number of nitrogens with one attached hydrogen (secondary N) is 1. The van der Waals surface area contributed by atoms with Gasteiger partial charge in [-0.15, -0.1) is 0 Å². The Morgan fingerprint density at radius 2 is 2.24 bits per heavy atom. The molecule has 1 aromatic rings. The Labute approximate surface area is 125 Å². The lowest BCUT2D eigenvalue weighted by molar-refractivity contribution is -0.144. The molecule has 2 rings (SSSR count). The summed E-state index contributed by atoms with van der Waals surface area (Å²) in [6.45, 7) is 3.92. The second-order valence-corrected chi connectivity index (χ2v) is 4.96. The van der Waals surface area contributed by atoms with Crippen LogP contribution >= 0.6 is 0 Å². The van der Waals surface area contributed by atoms with Crippen LogP contribution in [0.5, 0.6) is 11.5 Å². The van der Waals surface area contributed by atoms with Crippen molar-refractivity contribution in [1.29, 1.82) is 0 Å². The van der Waals surface area contributed by atoms with Gasteiger partial charge in [-0.05, 0) is 37.5 Å². The van der Waals surface area contributed by atoms with Gasteiger partial charge in [-0.1, -0.05) is 6.07 Å². The summed E-state index contributed by atoms with van der Waals surface area (Å²) in [5, 5.41) is 2.90. The molecule has 1 atom stereocenters. The molecule has 1 fully saturated rings. The lowest BCUT2D eigenvalue weighted by atomic mass is 10.1. The van der Waals surface area contributed by atoms with Crippen LogP contribution in [-0.4, -0.2) is 38.9 Å². The van der Waals surface area contributed by atoms with Crippen molar-refractivity contribution in [2.75, 3.05) is 26.9 Å². The van der Waals surface area contributed by atoms with Crippen molar-refractivity contribution in [3.63, 3.8) is 0 Å². The van der Waals surface area contributed by atoms with Gasteiger partial charge in [-0.2, -0.15) is 0 Å². The summed E-state index contributed by atoms with van der Waals surface area (Å²) < 4.78 is 15.9. The van der Waals surface area contributed by atoms with Crippen molar-refractivity contribution in [2.45, 2.75) is 32.3 Å². The predicted octanol–water partition coefficient (Wildman–Crippen LogP) is 1.93. The van der Waals surface area contributed by atoms with Crippen LogP contribution in [0.2, 0.25) is 0 Å². The topological polar surface area (TPSA) is 56.8 Å². The Kier molecular flexibility index (Phi) is 5.87. The minimum atomic E-state index is -0.226. The number of rotatable bonds is 8. The molecule has 21 heavy (non-hydrogen) atoms. The third-order valence-corrected chi connectivity index (χ3v) is 3.46. The van der Waals surface area contributed by atoms with Crippen molar-refractivity contribution in [3.05, 3.63) is 23.8 Å². The van der Waals surface area contributed by atoms with E-state index in [1.54, 1.807) is 7.11 Å². The van der Waals surface area contributed by atoms with E-state index in [2.05, 4.69) is 5.32 Å². The fourth-order valence-electron chi connectivity index (χ4n) is 2.21. The number of amides is 1. The van der Waals surface area contributed by atoms with Gasteiger partial charge in [0.2, 0.25) is 5.91 Å². The first-order valence-electron chi connectivity index (χ1n) is 7.43. The highest BCUT2D eigenvalue weighted by Gasteiger charge is 2.25. The SMILES string of the molecule is CCOc1cc(CCCNC(=O)[C@@H]2CCO2)ccc1OC. The molecule has 0 unspecified atom stereocenters. The highest BCUT2D eigenvalue weighted by molar-refractivity contribution is 5.81. The Morgan fingerprint density at radius 1 is 1.43 bits per heavy atom. The minimum Gasteiger partial charge on any atom is -0.493 e. The molecule has 5 nitrogen and oxygen atoms in total. The monoisotopic (exact) mass is 293 g/mol. The van der Waals surface area contributed by atoms with Crippen molar-refractivity contribution in [3.8, 4) is 11.5 Å². The van der Waals surface area contributed by atoms with Crippen LogP contribution in [0, 0.1) is 0 Å². The fourth-order valence-corrected chi connectivity index (χ4v) is 2.21. The molecule has 1 aliphatic rings. The van der Waals surface area contributed by atoms with E-state index in [-0.39, 0.29) is 12.0 Å². The second-order valence-electron chi connectivity index (χ2n) is 4.96. The number of carbonyl (C=O) groups excluding carboxylic acids is 1. The molecule has 0 saturated carbocycles. The van der Waals surface area contributed by atoms with Crippen molar-refractivity contribution in [2.24, 2.45) is 0 Å². The molecule has 1 saturated heterocycles. The average Bonchev–Trinajstić information content (AvgIpc) is 2.42. The summed E-state index contributed by atoms with van der Waals surface area (Å²) in [6.07, 6.45) is 2.38. The molecule has 1 amide bonds. The summed E-state index contributed by atoms with van der Waals surface area (Å²) in [6, 6.07) is 5.94. The number of hydrogen-bond acceptors (Lipinski definition) is 4. The first kappa shape index (κ1) is 15.6. The predicted molar refractivity (Wildman–Crippen MR) is 79.9 cm³/mol. The number of carbonyl (C=O) groups is 1. The molecule has 0 radical (unpaired) electrons. The number of methoxy groups -OCH3 is 1. The molecule has 5 heteroatoms. The fraction of sp³-hybridized carbons (Fsp3) is 0.562. The molecule has 1 aliphatic heterocycles. The van der Waals surface area contributed by atoms with E-state index in [1.807, 2.05) is 25.1 Å². The summed E-state index contributed by atoms with van der Waals surface area (Å²) >= 11 is 0. The maximum absolute atomic E-state index is 11.6. The maximum Gasteiger partial charge on any atom is 0.249 e. The van der Waals surface area contributed by atoms with Crippen LogP contribution in [0.3, 0.4) is 0 Å². The summed E-state index contributed by atoms with van der Waals surface area (Å²) in [5.41, 5.74) is 1.17. The van der Waals surface area contributed by atoms with Gasteiger partial charge in [0.15, 0.2) is 11.5 Å². The molecule has 0 bridgehead atoms. The van der Waals surface area contributed by atoms with Gasteiger partial charge in [0, 0.05) is 13.0 Å². The first-order chi connectivity index (χ1) is 10.2. The zero-order valence-corrected chi connectivity index (χ0v) is 12.7. The maximum atomic E-state index is 11.6. The van der Waals surface area contributed by atoms with Gasteiger partial charge in [-0.3, -0.25) is 4.79 Å². The minimum absolute atomic E-state index is 0.00554.